The molecule has 0 aliphatic heterocycles. The molecule has 1 aliphatic rings. The lowest BCUT2D eigenvalue weighted by atomic mass is 9.91. The summed E-state index contributed by atoms with van der Waals surface area (Å²) >= 11 is 0. The predicted molar refractivity (Wildman–Crippen MR) is 132 cm³/mol. The molecule has 3 rings (SSSR count). The van der Waals surface area contributed by atoms with Crippen molar-refractivity contribution in [3.63, 3.8) is 0 Å². The quantitative estimate of drug-likeness (QED) is 0.366. The lowest BCUT2D eigenvalue weighted by Gasteiger charge is -2.33. The van der Waals surface area contributed by atoms with Crippen LogP contribution in [0.1, 0.15) is 74.8 Å². The van der Waals surface area contributed by atoms with Crippen molar-refractivity contribution in [2.75, 3.05) is 13.6 Å². The number of nitrogens with one attached hydrogen (secondary N) is 1. The van der Waals surface area contributed by atoms with Crippen molar-refractivity contribution in [3.8, 4) is 0 Å². The molecule has 4 atom stereocenters. The molecule has 11 heteroatoms. The molecule has 1 fully saturated rings. The van der Waals surface area contributed by atoms with Gasteiger partial charge in [-0.05, 0) is 89.0 Å². The van der Waals surface area contributed by atoms with E-state index >= 15 is 0 Å². The van der Waals surface area contributed by atoms with Gasteiger partial charge in [-0.1, -0.05) is 12.1 Å². The van der Waals surface area contributed by atoms with Gasteiger partial charge in [0, 0.05) is 17.5 Å². The first-order chi connectivity index (χ1) is 17.8. The van der Waals surface area contributed by atoms with Gasteiger partial charge in [0.2, 0.25) is 5.91 Å². The normalized spacial score (nSPS) is 21.3. The van der Waals surface area contributed by atoms with Crippen molar-refractivity contribution in [2.24, 2.45) is 0 Å². The molecule has 0 aromatic heterocycles. The number of likely N-dealkylation sites (N-methyl/N-ethyl adjacent to an activating group) is 1. The molecule has 216 valence electrons. The van der Waals surface area contributed by atoms with Crippen molar-refractivity contribution < 1.29 is 40.3 Å². The highest BCUT2D eigenvalue weighted by atomic mass is 19.4. The maximum absolute atomic E-state index is 13.7. The molecule has 0 bridgehead atoms. The van der Waals surface area contributed by atoms with E-state index in [0.717, 1.165) is 0 Å². The molecule has 1 aliphatic carbocycles. The van der Waals surface area contributed by atoms with Crippen molar-refractivity contribution in [2.45, 2.75) is 82.6 Å². The van der Waals surface area contributed by atoms with Crippen LogP contribution in [0.5, 0.6) is 0 Å². The number of halogens is 7. The Labute approximate surface area is 223 Å². The fourth-order valence-electron chi connectivity index (χ4n) is 5.07. The molecule has 2 aromatic carbocycles. The van der Waals surface area contributed by atoms with Crippen molar-refractivity contribution in [1.29, 1.82) is 0 Å². The van der Waals surface area contributed by atoms with E-state index in [-0.39, 0.29) is 30.1 Å². The summed E-state index contributed by atoms with van der Waals surface area (Å²) in [7, 11) is 1.76. The molecule has 0 saturated heterocycles. The molecule has 39 heavy (non-hydrogen) atoms. The Morgan fingerprint density at radius 1 is 0.974 bits per heavy atom. The van der Waals surface area contributed by atoms with Gasteiger partial charge in [-0.2, -0.15) is 26.3 Å². The van der Waals surface area contributed by atoms with Gasteiger partial charge in [0.25, 0.3) is 0 Å². The van der Waals surface area contributed by atoms with Crippen LogP contribution in [0, 0.1) is 5.82 Å². The molecule has 0 unspecified atom stereocenters. The van der Waals surface area contributed by atoms with Gasteiger partial charge in [-0.25, -0.2) is 4.39 Å². The van der Waals surface area contributed by atoms with Crippen LogP contribution in [0.3, 0.4) is 0 Å². The Morgan fingerprint density at radius 2 is 1.51 bits per heavy atom. The van der Waals surface area contributed by atoms with Gasteiger partial charge in [0.15, 0.2) is 0 Å². The average Bonchev–Trinajstić information content (AvgIpc) is 3.20. The van der Waals surface area contributed by atoms with Crippen molar-refractivity contribution in [3.05, 3.63) is 70.5 Å². The van der Waals surface area contributed by atoms with E-state index < -0.39 is 53.0 Å². The zero-order valence-electron chi connectivity index (χ0n) is 22.4. The van der Waals surface area contributed by atoms with Crippen LogP contribution < -0.4 is 5.32 Å². The number of carbonyl (C=O) groups excluding carboxylic acids is 1. The molecular weight excluding hydrogens is 529 g/mol. The first-order valence-corrected chi connectivity index (χ1v) is 12.6. The Balaban J connectivity index is 1.90. The molecular formula is C28H33F7N2O2. The average molecular weight is 563 g/mol. The highest BCUT2D eigenvalue weighted by Gasteiger charge is 2.42. The minimum Gasteiger partial charge on any atom is -0.370 e. The summed E-state index contributed by atoms with van der Waals surface area (Å²) in [6.07, 6.45) is -10.7. The predicted octanol–water partition coefficient (Wildman–Crippen LogP) is 7.10. The van der Waals surface area contributed by atoms with Gasteiger partial charge in [0.1, 0.15) is 5.82 Å². The lowest BCUT2D eigenvalue weighted by molar-refractivity contribution is -0.143. The summed E-state index contributed by atoms with van der Waals surface area (Å²) in [6.45, 7) is 7.02. The molecule has 2 aromatic rings. The maximum Gasteiger partial charge on any atom is 0.416 e. The lowest BCUT2D eigenvalue weighted by Crippen LogP contribution is -2.48. The third-order valence-electron chi connectivity index (χ3n) is 6.75. The number of benzene rings is 2. The molecule has 1 amide bonds. The highest BCUT2D eigenvalue weighted by Crippen LogP contribution is 2.43. The number of hydrogen-bond acceptors (Lipinski definition) is 3. The summed E-state index contributed by atoms with van der Waals surface area (Å²) in [5, 5.41) is 2.89. The van der Waals surface area contributed by atoms with Gasteiger partial charge >= 0.3 is 12.4 Å². The molecule has 0 spiro atoms. The summed E-state index contributed by atoms with van der Waals surface area (Å²) in [6, 6.07) is 6.89. The van der Waals surface area contributed by atoms with E-state index in [1.165, 1.54) is 19.1 Å². The highest BCUT2D eigenvalue weighted by molar-refractivity contribution is 5.78. The monoisotopic (exact) mass is 562 g/mol. The second kappa shape index (κ2) is 11.4. The zero-order chi connectivity index (χ0) is 29.3. The largest absolute Gasteiger partial charge is 0.416 e. The summed E-state index contributed by atoms with van der Waals surface area (Å²) < 4.78 is 100. The van der Waals surface area contributed by atoms with Crippen LogP contribution in [0.15, 0.2) is 42.5 Å². The third kappa shape index (κ3) is 8.17. The number of carbonyl (C=O) groups is 1. The van der Waals surface area contributed by atoms with Crippen LogP contribution in [0.4, 0.5) is 30.7 Å². The number of ether oxygens (including phenoxy) is 1. The van der Waals surface area contributed by atoms with E-state index in [1.54, 1.807) is 19.2 Å². The summed E-state index contributed by atoms with van der Waals surface area (Å²) in [4.78, 5) is 14.4. The van der Waals surface area contributed by atoms with Gasteiger partial charge in [0.05, 0.1) is 29.9 Å². The molecule has 0 heterocycles. The standard InChI is InChI=1S/C28H33F7N2O2/c1-16(18-12-19(27(30,31)32)14-20(13-18)28(33,34)35)39-23-11-10-22(25(23)17-6-8-21(29)9-7-17)37(5)15-24(38)36-26(2,3)4/h6-9,12-14,16,22-23,25H,10-11,15H2,1-5H3,(H,36,38)/t16-,22-,23+,25-/m1/s1. The Morgan fingerprint density at radius 3 is 2.00 bits per heavy atom. The Kier molecular flexibility index (Phi) is 9.06. The van der Waals surface area contributed by atoms with E-state index in [2.05, 4.69) is 5.32 Å². The van der Waals surface area contributed by atoms with Crippen LogP contribution >= 0.6 is 0 Å². The Bertz CT molecular complexity index is 1110. The van der Waals surface area contributed by atoms with Crippen molar-refractivity contribution in [1.82, 2.24) is 10.2 Å². The number of amides is 1. The second-order valence-electron chi connectivity index (χ2n) is 11.1. The fourth-order valence-corrected chi connectivity index (χ4v) is 5.07. The second-order valence-corrected chi connectivity index (χ2v) is 11.1. The van der Waals surface area contributed by atoms with Crippen LogP contribution in [0.2, 0.25) is 0 Å². The fraction of sp³-hybridized carbons (Fsp3) is 0.536. The minimum atomic E-state index is -4.97. The number of nitrogens with zero attached hydrogens (tertiary/aromatic N) is 1. The van der Waals surface area contributed by atoms with E-state index in [9.17, 15) is 35.5 Å². The van der Waals surface area contributed by atoms with Crippen LogP contribution in [-0.2, 0) is 21.9 Å². The van der Waals surface area contributed by atoms with Crippen molar-refractivity contribution >= 4 is 5.91 Å². The first kappa shape index (κ1) is 30.9. The summed E-state index contributed by atoms with van der Waals surface area (Å²) in [5.41, 5.74) is -2.82. The summed E-state index contributed by atoms with van der Waals surface area (Å²) in [5.74, 6) is -1.07. The molecule has 0 radical (unpaired) electrons. The van der Waals surface area contributed by atoms with Gasteiger partial charge in [-0.3, -0.25) is 9.69 Å². The minimum absolute atomic E-state index is 0.0600. The third-order valence-corrected chi connectivity index (χ3v) is 6.75. The van der Waals surface area contributed by atoms with Crippen LogP contribution in [-0.4, -0.2) is 42.1 Å². The zero-order valence-corrected chi connectivity index (χ0v) is 22.4. The van der Waals surface area contributed by atoms with E-state index in [0.29, 0.717) is 30.5 Å². The van der Waals surface area contributed by atoms with E-state index in [1.807, 2.05) is 25.7 Å². The Hall–Kier alpha value is -2.66. The number of hydrogen-bond donors (Lipinski definition) is 1. The smallest absolute Gasteiger partial charge is 0.370 e. The van der Waals surface area contributed by atoms with Gasteiger partial charge < -0.3 is 10.1 Å². The maximum atomic E-state index is 13.7. The molecule has 1 saturated carbocycles. The van der Waals surface area contributed by atoms with Crippen LogP contribution in [0.25, 0.3) is 0 Å². The first-order valence-electron chi connectivity index (χ1n) is 12.6. The molecule has 4 nitrogen and oxygen atoms in total. The SMILES string of the molecule is C[C@@H](O[C@H]1CC[C@@H](N(C)CC(=O)NC(C)(C)C)[C@H]1c1ccc(F)cc1)c1cc(C(F)(F)F)cc(C(F)(F)F)c1. The number of rotatable bonds is 7. The number of alkyl halides is 6. The topological polar surface area (TPSA) is 41.6 Å². The molecule has 1 N–H and O–H groups in total. The van der Waals surface area contributed by atoms with E-state index in [4.69, 9.17) is 4.74 Å². The van der Waals surface area contributed by atoms with Gasteiger partial charge in [-0.15, -0.1) is 0 Å².